The van der Waals surface area contributed by atoms with Gasteiger partial charge in [-0.25, -0.2) is 13.2 Å². The van der Waals surface area contributed by atoms with Crippen molar-refractivity contribution in [3.05, 3.63) is 97.9 Å². The molecular formula is C36H38ClN3O9S. The number of hydrogen-bond donors (Lipinski definition) is 0. The summed E-state index contributed by atoms with van der Waals surface area (Å²) in [6.45, 7) is 7.67. The van der Waals surface area contributed by atoms with Gasteiger partial charge in [-0.1, -0.05) is 56.6 Å². The van der Waals surface area contributed by atoms with Crippen molar-refractivity contribution in [2.24, 2.45) is 5.41 Å². The van der Waals surface area contributed by atoms with Gasteiger partial charge in [0.05, 0.1) is 31.3 Å². The minimum atomic E-state index is -4.30. The second-order valence-electron chi connectivity index (χ2n) is 13.6. The molecule has 50 heavy (non-hydrogen) atoms. The van der Waals surface area contributed by atoms with Gasteiger partial charge < -0.3 is 23.5 Å². The van der Waals surface area contributed by atoms with E-state index in [-0.39, 0.29) is 54.8 Å². The molecule has 12 nitrogen and oxygen atoms in total. The van der Waals surface area contributed by atoms with Crippen LogP contribution in [0, 0.1) is 16.7 Å². The van der Waals surface area contributed by atoms with Crippen molar-refractivity contribution in [2.75, 3.05) is 19.8 Å². The van der Waals surface area contributed by atoms with E-state index < -0.39 is 50.5 Å². The highest BCUT2D eigenvalue weighted by Gasteiger charge is 2.52. The Balaban J connectivity index is 1.44. The number of carbonyl (C=O) groups excluding carboxylic acids is 2. The number of rotatable bonds is 8. The van der Waals surface area contributed by atoms with E-state index >= 15 is 0 Å². The van der Waals surface area contributed by atoms with Crippen LogP contribution in [0.5, 0.6) is 0 Å². The molecule has 1 aromatic heterocycles. The Labute approximate surface area is 295 Å². The van der Waals surface area contributed by atoms with E-state index in [1.165, 1.54) is 34.9 Å². The normalized spacial score (nSPS) is 20.6. The van der Waals surface area contributed by atoms with Crippen molar-refractivity contribution in [2.45, 2.75) is 82.4 Å². The third-order valence-corrected chi connectivity index (χ3v) is 11.6. The fourth-order valence-corrected chi connectivity index (χ4v) is 8.42. The van der Waals surface area contributed by atoms with Crippen LogP contribution in [-0.2, 0) is 70.1 Å². The molecular weight excluding hydrogens is 686 g/mol. The Bertz CT molecular complexity index is 2050. The summed E-state index contributed by atoms with van der Waals surface area (Å²) in [5, 5.41) is 10.7. The zero-order valence-electron chi connectivity index (χ0n) is 28.2. The molecule has 3 aliphatic heterocycles. The number of fused-ring (bicyclic) bond motifs is 2. The third-order valence-electron chi connectivity index (χ3n) is 9.51. The summed E-state index contributed by atoms with van der Waals surface area (Å²) in [6.07, 6.45) is -0.148. The van der Waals surface area contributed by atoms with Crippen molar-refractivity contribution < 1.29 is 37.0 Å². The van der Waals surface area contributed by atoms with Gasteiger partial charge in [-0.05, 0) is 54.8 Å². The molecule has 0 aliphatic carbocycles. The monoisotopic (exact) mass is 723 g/mol. The van der Waals surface area contributed by atoms with Crippen molar-refractivity contribution in [3.8, 4) is 6.07 Å². The van der Waals surface area contributed by atoms with Crippen LogP contribution in [0.25, 0.3) is 0 Å². The van der Waals surface area contributed by atoms with Crippen LogP contribution in [-0.4, -0.2) is 60.9 Å². The van der Waals surface area contributed by atoms with E-state index in [4.69, 9.17) is 30.5 Å². The molecule has 6 rings (SSSR count). The quantitative estimate of drug-likeness (QED) is 0.309. The Hall–Kier alpha value is -4.06. The SMILES string of the molecule is CCOC(=O)[C@@](CC)(OC(=O)C1Cc2ccccc2CN1S(=O)(=O)c1ccc(Cl)cc1)c1cc2n(c(=O)c1C#N)CC1(C2)OCC(C)(C)CO1. The van der Waals surface area contributed by atoms with Crippen LogP contribution < -0.4 is 5.56 Å². The van der Waals surface area contributed by atoms with Crippen molar-refractivity contribution in [1.29, 1.82) is 5.26 Å². The molecule has 4 heterocycles. The number of esters is 2. The van der Waals surface area contributed by atoms with Gasteiger partial charge in [-0.2, -0.15) is 9.57 Å². The predicted molar refractivity (Wildman–Crippen MR) is 180 cm³/mol. The molecule has 0 N–H and O–H groups in total. The number of halogens is 1. The summed E-state index contributed by atoms with van der Waals surface area (Å²) in [5.41, 5.74) is -1.94. The number of aromatic nitrogens is 1. The van der Waals surface area contributed by atoms with Gasteiger partial charge >= 0.3 is 11.9 Å². The predicted octanol–water partition coefficient (Wildman–Crippen LogP) is 4.23. The molecule has 0 radical (unpaired) electrons. The molecule has 2 aromatic carbocycles. The number of pyridine rings is 1. The summed E-state index contributed by atoms with van der Waals surface area (Å²) < 4.78 is 54.5. The van der Waals surface area contributed by atoms with Gasteiger partial charge in [-0.3, -0.25) is 9.59 Å². The fraction of sp³-hybridized carbons (Fsp3) is 0.444. The molecule has 264 valence electrons. The average molecular weight is 724 g/mol. The van der Waals surface area contributed by atoms with E-state index in [1.54, 1.807) is 38.1 Å². The first kappa shape index (κ1) is 35.8. The summed E-state index contributed by atoms with van der Waals surface area (Å²) >= 11 is 6.03. The summed E-state index contributed by atoms with van der Waals surface area (Å²) in [5.74, 6) is -3.19. The van der Waals surface area contributed by atoms with E-state index in [0.717, 1.165) is 9.87 Å². The number of nitriles is 1. The van der Waals surface area contributed by atoms with Crippen LogP contribution >= 0.6 is 11.6 Å². The Kier molecular flexibility index (Phi) is 9.47. The van der Waals surface area contributed by atoms with Gasteiger partial charge in [-0.15, -0.1) is 0 Å². The molecule has 3 aliphatic rings. The molecule has 0 amide bonds. The smallest absolute Gasteiger partial charge is 0.355 e. The molecule has 3 aromatic rings. The van der Waals surface area contributed by atoms with Crippen LogP contribution in [0.3, 0.4) is 0 Å². The Morgan fingerprint density at radius 1 is 1.08 bits per heavy atom. The molecule has 0 saturated carbocycles. The lowest BCUT2D eigenvalue weighted by molar-refractivity contribution is -0.296. The zero-order valence-corrected chi connectivity index (χ0v) is 29.8. The summed E-state index contributed by atoms with van der Waals surface area (Å²) in [7, 11) is -4.30. The summed E-state index contributed by atoms with van der Waals surface area (Å²) in [4.78, 5) is 42.3. The second-order valence-corrected chi connectivity index (χ2v) is 15.9. The maximum Gasteiger partial charge on any atom is 0.355 e. The highest BCUT2D eigenvalue weighted by atomic mass is 35.5. The standard InChI is InChI=1S/C36H38ClN3O9S/c1-5-36(33(43)46-6-2,29-16-26-17-35(47-21-34(3,4)22-48-35)20-39(26)31(41)28(29)18-38)49-32(42)30-15-23-9-7-8-10-24(23)19-40(30)50(44,45)27-13-11-25(37)12-14-27/h7-14,16,30H,5-6,15,17,19-22H2,1-4H3/t30?,36-/m0/s1. The lowest BCUT2D eigenvalue weighted by Gasteiger charge is -2.40. The van der Waals surface area contributed by atoms with Crippen LogP contribution in [0.15, 0.2) is 64.3 Å². The van der Waals surface area contributed by atoms with Gasteiger partial charge in [0.1, 0.15) is 17.7 Å². The molecule has 1 fully saturated rings. The van der Waals surface area contributed by atoms with Gasteiger partial charge in [0.25, 0.3) is 5.56 Å². The first-order valence-electron chi connectivity index (χ1n) is 16.4. The van der Waals surface area contributed by atoms with Crippen molar-refractivity contribution in [3.63, 3.8) is 0 Å². The number of benzene rings is 2. The lowest BCUT2D eigenvalue weighted by Crippen LogP contribution is -2.53. The Morgan fingerprint density at radius 2 is 1.74 bits per heavy atom. The number of carbonyl (C=O) groups is 2. The number of sulfonamides is 1. The average Bonchev–Trinajstić information content (AvgIpc) is 3.47. The molecule has 1 saturated heterocycles. The number of ether oxygens (including phenoxy) is 4. The van der Waals surface area contributed by atoms with Crippen LogP contribution in [0.2, 0.25) is 5.02 Å². The van der Waals surface area contributed by atoms with Crippen LogP contribution in [0.1, 0.15) is 62.1 Å². The molecule has 2 atom stereocenters. The molecule has 1 spiro atoms. The molecule has 0 bridgehead atoms. The lowest BCUT2D eigenvalue weighted by atomic mass is 9.86. The molecule has 14 heteroatoms. The first-order valence-corrected chi connectivity index (χ1v) is 18.2. The third kappa shape index (κ3) is 6.24. The minimum absolute atomic E-state index is 0.0313. The van der Waals surface area contributed by atoms with Gasteiger partial charge in [0.15, 0.2) is 5.79 Å². The van der Waals surface area contributed by atoms with E-state index in [1.807, 2.05) is 19.9 Å². The second kappa shape index (κ2) is 13.2. The van der Waals surface area contributed by atoms with E-state index in [9.17, 15) is 28.1 Å². The summed E-state index contributed by atoms with van der Waals surface area (Å²) in [6, 6.07) is 14.7. The van der Waals surface area contributed by atoms with Gasteiger partial charge in [0, 0.05) is 41.1 Å². The number of nitrogens with zero attached hydrogens (tertiary/aromatic N) is 3. The van der Waals surface area contributed by atoms with E-state index in [0.29, 0.717) is 29.5 Å². The largest absolute Gasteiger partial charge is 0.463 e. The van der Waals surface area contributed by atoms with E-state index in [2.05, 4.69) is 0 Å². The van der Waals surface area contributed by atoms with Gasteiger partial charge in [0.2, 0.25) is 15.6 Å². The zero-order chi connectivity index (χ0) is 36.1. The Morgan fingerprint density at radius 3 is 2.36 bits per heavy atom. The maximum atomic E-state index is 14.5. The highest BCUT2D eigenvalue weighted by Crippen LogP contribution is 2.40. The van der Waals surface area contributed by atoms with Crippen LogP contribution in [0.4, 0.5) is 0 Å². The first-order chi connectivity index (χ1) is 23.7. The maximum absolute atomic E-state index is 14.5. The van der Waals surface area contributed by atoms with Crippen molar-refractivity contribution in [1.82, 2.24) is 8.87 Å². The fourth-order valence-electron chi connectivity index (χ4n) is 6.74. The van der Waals surface area contributed by atoms with Crippen molar-refractivity contribution >= 4 is 33.6 Å². The molecule has 1 unspecified atom stereocenters. The number of hydrogen-bond acceptors (Lipinski definition) is 10. The highest BCUT2D eigenvalue weighted by molar-refractivity contribution is 7.89. The topological polar surface area (TPSA) is 154 Å². The minimum Gasteiger partial charge on any atom is -0.463 e.